The van der Waals surface area contributed by atoms with E-state index in [9.17, 15) is 0 Å². The third kappa shape index (κ3) is 3.69. The lowest BCUT2D eigenvalue weighted by atomic mass is 10.0. The van der Waals surface area contributed by atoms with E-state index in [1.54, 1.807) is 0 Å². The molecule has 0 radical (unpaired) electrons. The molecule has 1 saturated heterocycles. The molecule has 0 aromatic carbocycles. The molecule has 4 nitrogen and oxygen atoms in total. The molecule has 1 aromatic heterocycles. The Labute approximate surface area is 123 Å². The summed E-state index contributed by atoms with van der Waals surface area (Å²) in [5, 5.41) is 3.43. The van der Waals surface area contributed by atoms with Gasteiger partial charge in [0.1, 0.15) is 0 Å². The molecule has 1 aliphatic rings. The molecule has 0 saturated carbocycles. The topological polar surface area (TPSA) is 41.1 Å². The van der Waals surface area contributed by atoms with Gasteiger partial charge in [-0.05, 0) is 32.6 Å². The highest BCUT2D eigenvalue weighted by atomic mass is 15.3. The number of anilines is 1. The zero-order chi connectivity index (χ0) is 14.5. The number of rotatable bonds is 5. The molecule has 0 bridgehead atoms. The second kappa shape index (κ2) is 7.02. The molecule has 1 unspecified atom stereocenters. The monoisotopic (exact) mass is 276 g/mol. The third-order valence-electron chi connectivity index (χ3n) is 4.12. The van der Waals surface area contributed by atoms with Crippen LogP contribution in [-0.4, -0.2) is 28.6 Å². The Morgan fingerprint density at radius 1 is 1.40 bits per heavy atom. The van der Waals surface area contributed by atoms with E-state index in [1.165, 1.54) is 31.2 Å². The van der Waals surface area contributed by atoms with Crippen molar-refractivity contribution in [2.75, 3.05) is 11.4 Å². The molecule has 4 heteroatoms. The Bertz CT molecular complexity index is 430. The normalized spacial score (nSPS) is 19.6. The molecule has 1 aromatic rings. The Morgan fingerprint density at radius 2 is 2.20 bits per heavy atom. The molecular weight excluding hydrogens is 248 g/mol. The number of nitrogens with zero attached hydrogens (tertiary/aromatic N) is 3. The number of hydrogen-bond donors (Lipinski definition) is 1. The molecule has 20 heavy (non-hydrogen) atoms. The van der Waals surface area contributed by atoms with Gasteiger partial charge in [0.2, 0.25) is 5.95 Å². The molecular formula is C16H28N4. The first-order valence-corrected chi connectivity index (χ1v) is 7.94. The van der Waals surface area contributed by atoms with Crippen LogP contribution in [0.4, 0.5) is 5.95 Å². The SMILES string of the molecule is CCC1CCCCN1c1ncc(CNC(C)C)c(C)n1. The summed E-state index contributed by atoms with van der Waals surface area (Å²) in [7, 11) is 0. The van der Waals surface area contributed by atoms with Gasteiger partial charge in [0.15, 0.2) is 0 Å². The van der Waals surface area contributed by atoms with Crippen LogP contribution in [0.3, 0.4) is 0 Å². The predicted octanol–water partition coefficient (Wildman–Crippen LogP) is 3.05. The first kappa shape index (κ1) is 15.2. The van der Waals surface area contributed by atoms with Gasteiger partial charge in [-0.15, -0.1) is 0 Å². The van der Waals surface area contributed by atoms with Crippen LogP contribution in [0.25, 0.3) is 0 Å². The summed E-state index contributed by atoms with van der Waals surface area (Å²) in [6, 6.07) is 1.10. The number of hydrogen-bond acceptors (Lipinski definition) is 4. The lowest BCUT2D eigenvalue weighted by molar-refractivity contribution is 0.442. The highest BCUT2D eigenvalue weighted by molar-refractivity contribution is 5.35. The lowest BCUT2D eigenvalue weighted by Gasteiger charge is -2.35. The molecule has 0 spiro atoms. The minimum absolute atomic E-state index is 0.487. The largest absolute Gasteiger partial charge is 0.338 e. The molecule has 0 aliphatic carbocycles. The van der Waals surface area contributed by atoms with E-state index in [4.69, 9.17) is 4.98 Å². The van der Waals surface area contributed by atoms with Gasteiger partial charge < -0.3 is 10.2 Å². The van der Waals surface area contributed by atoms with E-state index in [0.717, 1.165) is 24.7 Å². The molecule has 1 aliphatic heterocycles. The fourth-order valence-electron chi connectivity index (χ4n) is 2.79. The van der Waals surface area contributed by atoms with Crippen LogP contribution in [0.1, 0.15) is 57.7 Å². The van der Waals surface area contributed by atoms with Crippen LogP contribution in [0.5, 0.6) is 0 Å². The van der Waals surface area contributed by atoms with Crippen molar-refractivity contribution in [1.82, 2.24) is 15.3 Å². The van der Waals surface area contributed by atoms with E-state index in [1.807, 2.05) is 6.20 Å². The Balaban J connectivity index is 2.11. The van der Waals surface area contributed by atoms with E-state index in [2.05, 4.69) is 42.9 Å². The van der Waals surface area contributed by atoms with Gasteiger partial charge in [0, 0.05) is 42.6 Å². The predicted molar refractivity (Wildman–Crippen MR) is 84.0 cm³/mol. The van der Waals surface area contributed by atoms with Crippen molar-refractivity contribution in [3.8, 4) is 0 Å². The van der Waals surface area contributed by atoms with Crippen molar-refractivity contribution in [1.29, 1.82) is 0 Å². The summed E-state index contributed by atoms with van der Waals surface area (Å²) >= 11 is 0. The maximum absolute atomic E-state index is 4.75. The third-order valence-corrected chi connectivity index (χ3v) is 4.12. The quantitative estimate of drug-likeness (QED) is 0.897. The average molecular weight is 276 g/mol. The number of piperidine rings is 1. The van der Waals surface area contributed by atoms with Crippen LogP contribution in [-0.2, 0) is 6.54 Å². The van der Waals surface area contributed by atoms with Crippen molar-refractivity contribution in [2.24, 2.45) is 0 Å². The van der Waals surface area contributed by atoms with Crippen LogP contribution in [0.15, 0.2) is 6.20 Å². The van der Waals surface area contributed by atoms with Crippen LogP contribution in [0, 0.1) is 6.92 Å². The zero-order valence-electron chi connectivity index (χ0n) is 13.3. The van der Waals surface area contributed by atoms with Crippen molar-refractivity contribution in [2.45, 2.75) is 72.0 Å². The molecule has 112 valence electrons. The summed E-state index contributed by atoms with van der Waals surface area (Å²) in [4.78, 5) is 11.8. The summed E-state index contributed by atoms with van der Waals surface area (Å²) < 4.78 is 0. The van der Waals surface area contributed by atoms with E-state index in [0.29, 0.717) is 12.1 Å². The van der Waals surface area contributed by atoms with Gasteiger partial charge in [0.25, 0.3) is 0 Å². The first-order chi connectivity index (χ1) is 9.61. The van der Waals surface area contributed by atoms with Crippen LogP contribution < -0.4 is 10.2 Å². The molecule has 1 fully saturated rings. The fraction of sp³-hybridized carbons (Fsp3) is 0.750. The van der Waals surface area contributed by atoms with E-state index >= 15 is 0 Å². The minimum atomic E-state index is 0.487. The Hall–Kier alpha value is -1.16. The minimum Gasteiger partial charge on any atom is -0.338 e. The second-order valence-corrected chi connectivity index (χ2v) is 6.07. The summed E-state index contributed by atoms with van der Waals surface area (Å²) in [6.07, 6.45) is 7.04. The Kier molecular flexibility index (Phi) is 5.35. The van der Waals surface area contributed by atoms with Crippen molar-refractivity contribution < 1.29 is 0 Å². The van der Waals surface area contributed by atoms with Gasteiger partial charge in [-0.1, -0.05) is 20.8 Å². The van der Waals surface area contributed by atoms with Gasteiger partial charge in [-0.25, -0.2) is 9.97 Å². The maximum atomic E-state index is 4.75. The molecule has 2 heterocycles. The standard InChI is InChI=1S/C16H28N4/c1-5-15-8-6-7-9-20(15)16-18-11-14(13(4)19-16)10-17-12(2)3/h11-12,15,17H,5-10H2,1-4H3. The Morgan fingerprint density at radius 3 is 2.85 bits per heavy atom. The number of aromatic nitrogens is 2. The molecule has 1 atom stereocenters. The van der Waals surface area contributed by atoms with Crippen LogP contribution >= 0.6 is 0 Å². The smallest absolute Gasteiger partial charge is 0.225 e. The number of aryl methyl sites for hydroxylation is 1. The summed E-state index contributed by atoms with van der Waals surface area (Å²) in [6.45, 7) is 10.6. The summed E-state index contributed by atoms with van der Waals surface area (Å²) in [5.41, 5.74) is 2.30. The molecule has 2 rings (SSSR count). The summed E-state index contributed by atoms with van der Waals surface area (Å²) in [5.74, 6) is 0.919. The van der Waals surface area contributed by atoms with Crippen LogP contribution in [0.2, 0.25) is 0 Å². The van der Waals surface area contributed by atoms with Gasteiger partial charge in [0.05, 0.1) is 0 Å². The second-order valence-electron chi connectivity index (χ2n) is 6.07. The molecule has 1 N–H and O–H groups in total. The highest BCUT2D eigenvalue weighted by Crippen LogP contribution is 2.24. The van der Waals surface area contributed by atoms with E-state index < -0.39 is 0 Å². The van der Waals surface area contributed by atoms with Gasteiger partial charge >= 0.3 is 0 Å². The maximum Gasteiger partial charge on any atom is 0.225 e. The van der Waals surface area contributed by atoms with E-state index in [-0.39, 0.29) is 0 Å². The fourth-order valence-corrected chi connectivity index (χ4v) is 2.79. The van der Waals surface area contributed by atoms with Crippen molar-refractivity contribution in [3.63, 3.8) is 0 Å². The zero-order valence-corrected chi connectivity index (χ0v) is 13.3. The number of nitrogens with one attached hydrogen (secondary N) is 1. The highest BCUT2D eigenvalue weighted by Gasteiger charge is 2.23. The van der Waals surface area contributed by atoms with Gasteiger partial charge in [-0.2, -0.15) is 0 Å². The lowest BCUT2D eigenvalue weighted by Crippen LogP contribution is -2.40. The van der Waals surface area contributed by atoms with Crippen molar-refractivity contribution >= 4 is 5.95 Å². The molecule has 0 amide bonds. The van der Waals surface area contributed by atoms with Gasteiger partial charge in [-0.3, -0.25) is 0 Å². The van der Waals surface area contributed by atoms with Crippen molar-refractivity contribution in [3.05, 3.63) is 17.5 Å². The first-order valence-electron chi connectivity index (χ1n) is 7.94. The average Bonchev–Trinajstić information content (AvgIpc) is 2.45.